The van der Waals surface area contributed by atoms with Crippen molar-refractivity contribution in [3.8, 4) is 0 Å². The fourth-order valence-electron chi connectivity index (χ4n) is 0.387. The number of thiol groups is 1. The van der Waals surface area contributed by atoms with E-state index in [2.05, 4.69) is 12.6 Å². The SMILES string of the molecule is C[N+](C)(C)CC(=O)[O-].NCCS. The number of nitrogens with two attached hydrogens (primary N) is 1. The third-order valence-corrected chi connectivity index (χ3v) is 0.991. The molecule has 0 unspecified atom stereocenters. The first-order valence-electron chi connectivity index (χ1n) is 3.64. The monoisotopic (exact) mass is 194 g/mol. The molecule has 5 heteroatoms. The summed E-state index contributed by atoms with van der Waals surface area (Å²) in [6, 6.07) is 0. The first-order chi connectivity index (χ1) is 5.33. The fraction of sp³-hybridized carbons (Fsp3) is 0.857. The number of likely N-dealkylation sites (N-methyl/N-ethyl adjacent to an activating group) is 1. The summed E-state index contributed by atoms with van der Waals surface area (Å²) < 4.78 is 0.419. The largest absolute Gasteiger partial charge is 0.544 e. The van der Waals surface area contributed by atoms with Crippen LogP contribution in [0.4, 0.5) is 0 Å². The van der Waals surface area contributed by atoms with E-state index in [1.807, 2.05) is 0 Å². The Kier molecular flexibility index (Phi) is 8.79. The van der Waals surface area contributed by atoms with Gasteiger partial charge in [0.15, 0.2) is 0 Å². The highest BCUT2D eigenvalue weighted by Crippen LogP contribution is 1.84. The van der Waals surface area contributed by atoms with E-state index < -0.39 is 5.97 Å². The Balaban J connectivity index is 0. The highest BCUT2D eigenvalue weighted by Gasteiger charge is 2.04. The van der Waals surface area contributed by atoms with Crippen molar-refractivity contribution in [2.75, 3.05) is 40.0 Å². The zero-order valence-corrected chi connectivity index (χ0v) is 8.80. The average molecular weight is 194 g/mol. The molecule has 0 radical (unpaired) electrons. The van der Waals surface area contributed by atoms with Gasteiger partial charge in [-0.2, -0.15) is 12.6 Å². The lowest BCUT2D eigenvalue weighted by Crippen LogP contribution is -2.45. The van der Waals surface area contributed by atoms with Crippen LogP contribution in [-0.4, -0.2) is 50.4 Å². The van der Waals surface area contributed by atoms with Gasteiger partial charge in [-0.3, -0.25) is 0 Å². The van der Waals surface area contributed by atoms with Gasteiger partial charge >= 0.3 is 0 Å². The first kappa shape index (κ1) is 14.3. The molecule has 2 N–H and O–H groups in total. The number of carboxylic acids is 1. The lowest BCUT2D eigenvalue weighted by atomic mass is 10.5. The Bertz CT molecular complexity index is 121. The molecule has 0 heterocycles. The Hall–Kier alpha value is -0.260. The summed E-state index contributed by atoms with van der Waals surface area (Å²) in [7, 11) is 5.40. The number of hydrogen-bond donors (Lipinski definition) is 2. The molecule has 12 heavy (non-hydrogen) atoms. The topological polar surface area (TPSA) is 66.1 Å². The van der Waals surface area contributed by atoms with Crippen molar-refractivity contribution < 1.29 is 14.4 Å². The van der Waals surface area contributed by atoms with E-state index in [9.17, 15) is 9.90 Å². The zero-order chi connectivity index (χ0) is 10.2. The minimum Gasteiger partial charge on any atom is -0.544 e. The van der Waals surface area contributed by atoms with Gasteiger partial charge in [0.1, 0.15) is 6.54 Å². The van der Waals surface area contributed by atoms with Crippen LogP contribution < -0.4 is 10.8 Å². The van der Waals surface area contributed by atoms with E-state index in [4.69, 9.17) is 5.73 Å². The predicted octanol–water partition coefficient (Wildman–Crippen LogP) is -1.68. The van der Waals surface area contributed by atoms with Crippen molar-refractivity contribution in [3.63, 3.8) is 0 Å². The van der Waals surface area contributed by atoms with Gasteiger partial charge in [-0.1, -0.05) is 0 Å². The van der Waals surface area contributed by atoms with Crippen LogP contribution in [0.15, 0.2) is 0 Å². The van der Waals surface area contributed by atoms with Crippen molar-refractivity contribution in [3.05, 3.63) is 0 Å². The number of quaternary nitrogens is 1. The molecular weight excluding hydrogens is 176 g/mol. The van der Waals surface area contributed by atoms with Gasteiger partial charge < -0.3 is 20.1 Å². The molecule has 0 aromatic rings. The smallest absolute Gasteiger partial charge is 0.118 e. The molecular formula is C7H18N2O2S. The molecule has 0 amide bonds. The fourth-order valence-corrected chi connectivity index (χ4v) is 0.387. The van der Waals surface area contributed by atoms with Crippen molar-refractivity contribution in [2.45, 2.75) is 0 Å². The number of nitrogens with zero attached hydrogens (tertiary/aromatic N) is 1. The molecule has 0 saturated carbocycles. The average Bonchev–Trinajstić information content (AvgIpc) is 1.83. The van der Waals surface area contributed by atoms with Crippen molar-refractivity contribution in [2.24, 2.45) is 5.73 Å². The summed E-state index contributed by atoms with van der Waals surface area (Å²) in [6.45, 7) is 0.753. The molecule has 0 aliphatic carbocycles. The first-order valence-corrected chi connectivity index (χ1v) is 4.28. The molecule has 0 aromatic carbocycles. The molecule has 0 aliphatic heterocycles. The zero-order valence-electron chi connectivity index (χ0n) is 7.91. The van der Waals surface area contributed by atoms with Crippen LogP contribution in [0.5, 0.6) is 0 Å². The molecule has 0 saturated heterocycles. The number of carboxylic acid groups (broad SMARTS) is 1. The van der Waals surface area contributed by atoms with Crippen LogP contribution in [0.3, 0.4) is 0 Å². The highest BCUT2D eigenvalue weighted by molar-refractivity contribution is 7.80. The number of hydrogen-bond acceptors (Lipinski definition) is 4. The van der Waals surface area contributed by atoms with Gasteiger partial charge in [-0.05, 0) is 0 Å². The van der Waals surface area contributed by atoms with Crippen LogP contribution in [0.25, 0.3) is 0 Å². The van der Waals surface area contributed by atoms with E-state index in [1.54, 1.807) is 21.1 Å². The van der Waals surface area contributed by atoms with Gasteiger partial charge in [-0.25, -0.2) is 0 Å². The van der Waals surface area contributed by atoms with Gasteiger partial charge in [0.05, 0.1) is 27.1 Å². The van der Waals surface area contributed by atoms with Crippen LogP contribution in [0, 0.1) is 0 Å². The Morgan fingerprint density at radius 2 is 1.83 bits per heavy atom. The third kappa shape index (κ3) is 22.6. The van der Waals surface area contributed by atoms with E-state index >= 15 is 0 Å². The van der Waals surface area contributed by atoms with Crippen LogP contribution in [0.2, 0.25) is 0 Å². The molecule has 0 atom stereocenters. The van der Waals surface area contributed by atoms with E-state index in [0.29, 0.717) is 11.0 Å². The molecule has 0 bridgehead atoms. The second kappa shape index (κ2) is 7.39. The quantitative estimate of drug-likeness (QED) is 0.416. The third-order valence-electron chi connectivity index (χ3n) is 0.733. The number of rotatable bonds is 3. The van der Waals surface area contributed by atoms with Crippen LogP contribution in [0.1, 0.15) is 0 Å². The summed E-state index contributed by atoms with van der Waals surface area (Å²) in [5.41, 5.74) is 4.95. The number of aliphatic carboxylic acids is 1. The maximum absolute atomic E-state index is 9.89. The van der Waals surface area contributed by atoms with Crippen molar-refractivity contribution >= 4 is 18.6 Å². The molecule has 4 nitrogen and oxygen atoms in total. The molecule has 0 spiro atoms. The second-order valence-electron chi connectivity index (χ2n) is 3.33. The Morgan fingerprint density at radius 3 is 1.83 bits per heavy atom. The lowest BCUT2D eigenvalue weighted by Gasteiger charge is -2.23. The maximum Gasteiger partial charge on any atom is 0.118 e. The summed E-state index contributed by atoms with van der Waals surface area (Å²) >= 11 is 3.80. The lowest BCUT2D eigenvalue weighted by molar-refractivity contribution is -0.864. The van der Waals surface area contributed by atoms with Gasteiger partial charge in [0, 0.05) is 12.3 Å². The van der Waals surface area contributed by atoms with Crippen molar-refractivity contribution in [1.29, 1.82) is 0 Å². The summed E-state index contributed by atoms with van der Waals surface area (Å²) in [6.07, 6.45) is 0. The summed E-state index contributed by atoms with van der Waals surface area (Å²) in [5.74, 6) is -0.211. The minimum atomic E-state index is -1.00. The highest BCUT2D eigenvalue weighted by atomic mass is 32.1. The van der Waals surface area contributed by atoms with Crippen LogP contribution >= 0.6 is 12.6 Å². The van der Waals surface area contributed by atoms with Gasteiger partial charge in [0.2, 0.25) is 0 Å². The Labute approximate surface area is 79.4 Å². The second-order valence-corrected chi connectivity index (χ2v) is 3.78. The number of carbonyl (C=O) groups is 1. The normalized spacial score (nSPS) is 10.1. The standard InChI is InChI=1S/C5H11NO2.C2H7NS/c1-6(2,3)4-5(7)8;3-1-2-4/h4H2,1-3H3;4H,1-3H2. The molecule has 74 valence electrons. The minimum absolute atomic E-state index is 0.0694. The van der Waals surface area contributed by atoms with Crippen molar-refractivity contribution in [1.82, 2.24) is 0 Å². The van der Waals surface area contributed by atoms with E-state index in [0.717, 1.165) is 5.75 Å². The van der Waals surface area contributed by atoms with Crippen LogP contribution in [-0.2, 0) is 4.79 Å². The molecule has 0 aliphatic rings. The predicted molar refractivity (Wildman–Crippen MR) is 50.8 cm³/mol. The van der Waals surface area contributed by atoms with E-state index in [1.165, 1.54) is 0 Å². The van der Waals surface area contributed by atoms with Gasteiger partial charge in [0.25, 0.3) is 0 Å². The molecule has 0 fully saturated rings. The van der Waals surface area contributed by atoms with Gasteiger partial charge in [-0.15, -0.1) is 0 Å². The molecule has 0 aromatic heterocycles. The number of carbonyl (C=O) groups excluding carboxylic acids is 1. The molecule has 0 rings (SSSR count). The summed E-state index contributed by atoms with van der Waals surface area (Å²) in [4.78, 5) is 9.89. The summed E-state index contributed by atoms with van der Waals surface area (Å²) in [5, 5.41) is 9.89. The maximum atomic E-state index is 9.89. The van der Waals surface area contributed by atoms with E-state index in [-0.39, 0.29) is 6.54 Å². The Morgan fingerprint density at radius 1 is 1.50 bits per heavy atom.